The van der Waals surface area contributed by atoms with Gasteiger partial charge in [-0.15, -0.1) is 0 Å². The van der Waals surface area contributed by atoms with Crippen LogP contribution < -0.4 is 5.32 Å². The Morgan fingerprint density at radius 1 is 1.33 bits per heavy atom. The lowest BCUT2D eigenvalue weighted by Crippen LogP contribution is -2.39. The summed E-state index contributed by atoms with van der Waals surface area (Å²) in [6.45, 7) is 3.66. The summed E-state index contributed by atoms with van der Waals surface area (Å²) in [5.41, 5.74) is 2.84. The van der Waals surface area contributed by atoms with Crippen LogP contribution in [0.15, 0.2) is 48.9 Å². The Hall–Kier alpha value is -2.93. The van der Waals surface area contributed by atoms with E-state index in [1.54, 1.807) is 10.9 Å². The minimum absolute atomic E-state index is 0.0454. The lowest BCUT2D eigenvalue weighted by molar-refractivity contribution is -0.120. The lowest BCUT2D eigenvalue weighted by Gasteiger charge is -2.24. The molecule has 1 saturated heterocycles. The number of likely N-dealkylation sites (tertiary alicyclic amines) is 1. The molecule has 140 valence electrons. The number of nitrogens with one attached hydrogen (secondary N) is 1. The molecule has 1 fully saturated rings. The number of nitrogens with zero attached hydrogens (tertiary/aromatic N) is 5. The van der Waals surface area contributed by atoms with Crippen molar-refractivity contribution in [2.75, 3.05) is 11.9 Å². The predicted octanol–water partition coefficient (Wildman–Crippen LogP) is 2.52. The van der Waals surface area contributed by atoms with Crippen molar-refractivity contribution in [1.29, 1.82) is 0 Å². The summed E-state index contributed by atoms with van der Waals surface area (Å²) < 4.78 is 3.86. The molecule has 1 atom stereocenters. The molecule has 27 heavy (non-hydrogen) atoms. The van der Waals surface area contributed by atoms with Crippen LogP contribution in [-0.2, 0) is 18.4 Å². The van der Waals surface area contributed by atoms with Gasteiger partial charge < -0.3 is 9.88 Å². The molecule has 1 aliphatic heterocycles. The van der Waals surface area contributed by atoms with Crippen molar-refractivity contribution < 1.29 is 4.79 Å². The Balaban J connectivity index is 1.46. The first-order chi connectivity index (χ1) is 13.1. The van der Waals surface area contributed by atoms with Gasteiger partial charge >= 0.3 is 0 Å². The van der Waals surface area contributed by atoms with E-state index in [0.29, 0.717) is 0 Å². The molecule has 0 bridgehead atoms. The van der Waals surface area contributed by atoms with Crippen molar-refractivity contribution >= 4 is 11.6 Å². The fourth-order valence-corrected chi connectivity index (χ4v) is 3.59. The normalized spacial score (nSPS) is 17.3. The molecule has 0 spiro atoms. The van der Waals surface area contributed by atoms with E-state index in [-0.39, 0.29) is 11.9 Å². The van der Waals surface area contributed by atoms with Crippen LogP contribution in [0.2, 0.25) is 0 Å². The smallest absolute Gasteiger partial charge is 0.241 e. The first-order valence-electron chi connectivity index (χ1n) is 9.24. The van der Waals surface area contributed by atoms with Crippen LogP contribution in [0.5, 0.6) is 0 Å². The van der Waals surface area contributed by atoms with Crippen molar-refractivity contribution in [1.82, 2.24) is 24.2 Å². The van der Waals surface area contributed by atoms with Gasteiger partial charge in [0.15, 0.2) is 0 Å². The van der Waals surface area contributed by atoms with Crippen LogP contribution in [0.25, 0.3) is 5.69 Å². The molecular weight excluding hydrogens is 340 g/mol. The van der Waals surface area contributed by atoms with E-state index in [1.165, 1.54) is 0 Å². The van der Waals surface area contributed by atoms with Crippen LogP contribution in [0.4, 0.5) is 5.69 Å². The van der Waals surface area contributed by atoms with Gasteiger partial charge in [0, 0.05) is 37.9 Å². The van der Waals surface area contributed by atoms with Crippen LogP contribution in [0.3, 0.4) is 0 Å². The summed E-state index contributed by atoms with van der Waals surface area (Å²) in [6.07, 6.45) is 7.43. The highest BCUT2D eigenvalue weighted by Gasteiger charge is 2.31. The van der Waals surface area contributed by atoms with Crippen LogP contribution in [0.1, 0.15) is 24.4 Å². The SMILES string of the molecule is Cc1ncc(CN2CCCC2C(=O)Nc2cccc(-n3cccn3)c2)n1C. The summed E-state index contributed by atoms with van der Waals surface area (Å²) in [6, 6.07) is 9.51. The minimum atomic E-state index is -0.117. The quantitative estimate of drug-likeness (QED) is 0.755. The van der Waals surface area contributed by atoms with Gasteiger partial charge in [-0.25, -0.2) is 9.67 Å². The second-order valence-corrected chi connectivity index (χ2v) is 6.97. The zero-order valence-corrected chi connectivity index (χ0v) is 15.7. The Morgan fingerprint density at radius 2 is 2.22 bits per heavy atom. The molecule has 0 radical (unpaired) electrons. The third-order valence-corrected chi connectivity index (χ3v) is 5.23. The number of hydrogen-bond acceptors (Lipinski definition) is 4. The Bertz CT molecular complexity index is 930. The van der Waals surface area contributed by atoms with Gasteiger partial charge in [0.25, 0.3) is 0 Å². The van der Waals surface area contributed by atoms with Gasteiger partial charge in [0.1, 0.15) is 5.82 Å². The first kappa shape index (κ1) is 17.5. The fraction of sp³-hybridized carbons (Fsp3) is 0.350. The maximum absolute atomic E-state index is 12.9. The van der Waals surface area contributed by atoms with Gasteiger partial charge in [0.05, 0.1) is 17.4 Å². The summed E-state index contributed by atoms with van der Waals surface area (Å²) in [4.78, 5) is 19.5. The van der Waals surface area contributed by atoms with Crippen molar-refractivity contribution in [3.8, 4) is 5.69 Å². The van der Waals surface area contributed by atoms with Gasteiger partial charge in [-0.3, -0.25) is 9.69 Å². The molecule has 1 aliphatic rings. The van der Waals surface area contributed by atoms with Gasteiger partial charge in [0.2, 0.25) is 5.91 Å². The van der Waals surface area contributed by atoms with E-state index >= 15 is 0 Å². The molecule has 3 aromatic rings. The largest absolute Gasteiger partial charge is 0.334 e. The lowest BCUT2D eigenvalue weighted by atomic mass is 10.2. The number of anilines is 1. The van der Waals surface area contributed by atoms with Crippen LogP contribution in [0, 0.1) is 6.92 Å². The molecule has 2 aromatic heterocycles. The average Bonchev–Trinajstić information content (AvgIpc) is 3.41. The molecule has 3 heterocycles. The maximum atomic E-state index is 12.9. The number of carbonyl (C=O) groups excluding carboxylic acids is 1. The third-order valence-electron chi connectivity index (χ3n) is 5.23. The summed E-state index contributed by atoms with van der Waals surface area (Å²) in [5, 5.41) is 7.32. The van der Waals surface area contributed by atoms with Crippen molar-refractivity contribution in [3.05, 3.63) is 60.4 Å². The highest BCUT2D eigenvalue weighted by atomic mass is 16.2. The van der Waals surface area contributed by atoms with E-state index in [2.05, 4.69) is 24.9 Å². The Morgan fingerprint density at radius 3 is 2.96 bits per heavy atom. The van der Waals surface area contributed by atoms with Crippen LogP contribution in [-0.4, -0.2) is 42.7 Å². The average molecular weight is 364 g/mol. The molecule has 0 aliphatic carbocycles. The summed E-state index contributed by atoms with van der Waals surface area (Å²) in [5.74, 6) is 1.03. The number of amides is 1. The van der Waals surface area contributed by atoms with E-state index in [4.69, 9.17) is 0 Å². The molecule has 1 aromatic carbocycles. The Kier molecular flexibility index (Phi) is 4.77. The summed E-state index contributed by atoms with van der Waals surface area (Å²) >= 11 is 0. The topological polar surface area (TPSA) is 68.0 Å². The fourth-order valence-electron chi connectivity index (χ4n) is 3.59. The number of imidazole rings is 1. The number of aromatic nitrogens is 4. The second-order valence-electron chi connectivity index (χ2n) is 6.97. The number of aryl methyl sites for hydroxylation is 1. The number of rotatable bonds is 5. The molecule has 7 heteroatoms. The minimum Gasteiger partial charge on any atom is -0.334 e. The predicted molar refractivity (Wildman–Crippen MR) is 104 cm³/mol. The van der Waals surface area contributed by atoms with E-state index in [0.717, 1.165) is 48.8 Å². The van der Waals surface area contributed by atoms with Gasteiger partial charge in [-0.1, -0.05) is 6.07 Å². The highest BCUT2D eigenvalue weighted by Crippen LogP contribution is 2.22. The number of benzene rings is 1. The van der Waals surface area contributed by atoms with Crippen molar-refractivity contribution in [3.63, 3.8) is 0 Å². The van der Waals surface area contributed by atoms with Crippen molar-refractivity contribution in [2.24, 2.45) is 7.05 Å². The zero-order valence-electron chi connectivity index (χ0n) is 15.7. The van der Waals surface area contributed by atoms with E-state index in [1.807, 2.05) is 56.7 Å². The van der Waals surface area contributed by atoms with Crippen molar-refractivity contribution in [2.45, 2.75) is 32.4 Å². The molecule has 1 N–H and O–H groups in total. The third kappa shape index (κ3) is 3.64. The zero-order chi connectivity index (χ0) is 18.8. The molecule has 4 rings (SSSR count). The first-order valence-corrected chi connectivity index (χ1v) is 9.24. The van der Waals surface area contributed by atoms with E-state index < -0.39 is 0 Å². The maximum Gasteiger partial charge on any atom is 0.241 e. The second kappa shape index (κ2) is 7.36. The molecule has 1 unspecified atom stereocenters. The van der Waals surface area contributed by atoms with Gasteiger partial charge in [-0.2, -0.15) is 5.10 Å². The van der Waals surface area contributed by atoms with Crippen LogP contribution >= 0.6 is 0 Å². The highest BCUT2D eigenvalue weighted by molar-refractivity contribution is 5.95. The molecular formula is C20H24N6O. The summed E-state index contributed by atoms with van der Waals surface area (Å²) in [7, 11) is 2.02. The number of hydrogen-bond donors (Lipinski definition) is 1. The van der Waals surface area contributed by atoms with Gasteiger partial charge in [-0.05, 0) is 50.6 Å². The van der Waals surface area contributed by atoms with E-state index in [9.17, 15) is 4.79 Å². The number of carbonyl (C=O) groups is 1. The Labute approximate surface area is 158 Å². The molecule has 7 nitrogen and oxygen atoms in total. The molecule has 0 saturated carbocycles. The standard InChI is InChI=1S/C20H24N6O/c1-15-21-13-18(24(15)2)14-25-10-4-8-19(25)20(27)23-16-6-3-7-17(12-16)26-11-5-9-22-26/h3,5-7,9,11-13,19H,4,8,10,14H2,1-2H3,(H,23,27). The molecule has 1 amide bonds. The monoisotopic (exact) mass is 364 g/mol.